The van der Waals surface area contributed by atoms with Gasteiger partial charge in [-0.1, -0.05) is 6.07 Å². The van der Waals surface area contributed by atoms with Crippen LogP contribution in [-0.4, -0.2) is 21.1 Å². The number of nitrogens with zero attached hydrogens (tertiary/aromatic N) is 3. The van der Waals surface area contributed by atoms with Gasteiger partial charge in [0.2, 0.25) is 0 Å². The summed E-state index contributed by atoms with van der Waals surface area (Å²) in [5.41, 5.74) is 1.29. The van der Waals surface area contributed by atoms with Crippen LogP contribution in [0, 0.1) is 0 Å². The zero-order valence-corrected chi connectivity index (χ0v) is 12.8. The first-order valence-corrected chi connectivity index (χ1v) is 7.85. The Morgan fingerprint density at radius 2 is 2.10 bits per heavy atom. The lowest BCUT2D eigenvalue weighted by Crippen LogP contribution is -2.26. The van der Waals surface area contributed by atoms with Gasteiger partial charge in [-0.3, -0.25) is 4.98 Å². The second-order valence-corrected chi connectivity index (χ2v) is 5.88. The number of rotatable bonds is 6. The Hall–Kier alpha value is -1.98. The van der Waals surface area contributed by atoms with Gasteiger partial charge in [0, 0.05) is 43.3 Å². The average molecular weight is 298 g/mol. The molecular weight excluding hydrogens is 280 g/mol. The van der Waals surface area contributed by atoms with E-state index in [9.17, 15) is 0 Å². The summed E-state index contributed by atoms with van der Waals surface area (Å²) in [4.78, 5) is 9.84. The molecule has 0 bridgehead atoms. The third-order valence-electron chi connectivity index (χ3n) is 3.46. The quantitative estimate of drug-likeness (QED) is 0.761. The van der Waals surface area contributed by atoms with Crippen LogP contribution in [0.5, 0.6) is 0 Å². The molecule has 0 saturated carbocycles. The van der Waals surface area contributed by atoms with E-state index in [4.69, 9.17) is 0 Å². The smallest absolute Gasteiger partial charge is 0.131 e. The van der Waals surface area contributed by atoms with Gasteiger partial charge >= 0.3 is 0 Å². The molecule has 1 atom stereocenters. The number of hydrogen-bond donors (Lipinski definition) is 1. The zero-order chi connectivity index (χ0) is 14.5. The molecule has 0 spiro atoms. The molecule has 21 heavy (non-hydrogen) atoms. The van der Waals surface area contributed by atoms with Crippen molar-refractivity contribution in [1.82, 2.24) is 19.9 Å². The normalized spacial score (nSPS) is 12.4. The van der Waals surface area contributed by atoms with Crippen molar-refractivity contribution in [2.75, 3.05) is 6.54 Å². The molecule has 0 aromatic carbocycles. The second-order valence-electron chi connectivity index (χ2n) is 4.90. The second kappa shape index (κ2) is 6.65. The molecular formula is C16H18N4S. The van der Waals surface area contributed by atoms with Gasteiger partial charge in [0.15, 0.2) is 0 Å². The molecule has 5 heteroatoms. The van der Waals surface area contributed by atoms with E-state index in [1.807, 2.05) is 31.8 Å². The lowest BCUT2D eigenvalue weighted by atomic mass is 10.1. The van der Waals surface area contributed by atoms with Gasteiger partial charge in [-0.05, 0) is 35.6 Å². The Kier molecular flexibility index (Phi) is 4.43. The first-order chi connectivity index (χ1) is 10.3. The fourth-order valence-electron chi connectivity index (χ4n) is 2.34. The molecule has 3 rings (SSSR count). The molecule has 0 amide bonds. The van der Waals surface area contributed by atoms with Crippen LogP contribution in [0.15, 0.2) is 54.4 Å². The molecule has 1 unspecified atom stereocenters. The summed E-state index contributed by atoms with van der Waals surface area (Å²) in [5, 5.41) is 5.73. The van der Waals surface area contributed by atoms with Crippen molar-refractivity contribution in [2.45, 2.75) is 12.5 Å². The standard InChI is InChI=1S/C16H18N4S/c1-20-11-10-19-16(20)15(14-3-2-12-21-14)18-9-6-13-4-7-17-8-5-13/h2-5,7-8,10-12,15,18H,6,9H2,1H3. The van der Waals surface area contributed by atoms with Crippen molar-refractivity contribution in [1.29, 1.82) is 0 Å². The van der Waals surface area contributed by atoms with Crippen LogP contribution in [0.1, 0.15) is 22.3 Å². The fraction of sp³-hybridized carbons (Fsp3) is 0.250. The fourth-order valence-corrected chi connectivity index (χ4v) is 3.14. The van der Waals surface area contributed by atoms with E-state index in [2.05, 4.69) is 49.5 Å². The Morgan fingerprint density at radius 3 is 2.76 bits per heavy atom. The van der Waals surface area contributed by atoms with E-state index < -0.39 is 0 Å². The van der Waals surface area contributed by atoms with Crippen LogP contribution in [0.2, 0.25) is 0 Å². The SMILES string of the molecule is Cn1ccnc1C(NCCc1ccncc1)c1cccs1. The third-order valence-corrected chi connectivity index (χ3v) is 4.39. The summed E-state index contributed by atoms with van der Waals surface area (Å²) in [5.74, 6) is 1.05. The van der Waals surface area contributed by atoms with Crippen LogP contribution in [-0.2, 0) is 13.5 Å². The van der Waals surface area contributed by atoms with Gasteiger partial charge in [0.1, 0.15) is 11.9 Å². The summed E-state index contributed by atoms with van der Waals surface area (Å²) in [6.07, 6.45) is 8.49. The number of thiophene rings is 1. The minimum atomic E-state index is 0.145. The highest BCUT2D eigenvalue weighted by Crippen LogP contribution is 2.24. The number of nitrogens with one attached hydrogen (secondary N) is 1. The summed E-state index contributed by atoms with van der Waals surface area (Å²) in [7, 11) is 2.04. The molecule has 108 valence electrons. The first kappa shape index (κ1) is 14.0. The molecule has 4 nitrogen and oxygen atoms in total. The van der Waals surface area contributed by atoms with E-state index in [1.165, 1.54) is 10.4 Å². The number of aromatic nitrogens is 3. The van der Waals surface area contributed by atoms with Gasteiger partial charge in [-0.25, -0.2) is 4.98 Å². The van der Waals surface area contributed by atoms with E-state index >= 15 is 0 Å². The number of imidazole rings is 1. The maximum Gasteiger partial charge on any atom is 0.131 e. The molecule has 0 fully saturated rings. The van der Waals surface area contributed by atoms with E-state index in [0.29, 0.717) is 0 Å². The third kappa shape index (κ3) is 3.37. The molecule has 0 aliphatic rings. The molecule has 3 aromatic rings. The van der Waals surface area contributed by atoms with Crippen LogP contribution in [0.4, 0.5) is 0 Å². The van der Waals surface area contributed by atoms with Gasteiger partial charge in [0.05, 0.1) is 0 Å². The largest absolute Gasteiger partial charge is 0.336 e. The van der Waals surface area contributed by atoms with E-state index in [-0.39, 0.29) is 6.04 Å². The Bertz CT molecular complexity index is 661. The van der Waals surface area contributed by atoms with Crippen LogP contribution in [0.3, 0.4) is 0 Å². The molecule has 0 saturated heterocycles. The topological polar surface area (TPSA) is 42.7 Å². The Labute approximate surface area is 128 Å². The van der Waals surface area contributed by atoms with Gasteiger partial charge < -0.3 is 9.88 Å². The molecule has 3 heterocycles. The highest BCUT2D eigenvalue weighted by molar-refractivity contribution is 7.10. The Morgan fingerprint density at radius 1 is 1.24 bits per heavy atom. The van der Waals surface area contributed by atoms with Crippen molar-refractivity contribution in [3.8, 4) is 0 Å². The van der Waals surface area contributed by atoms with Crippen molar-refractivity contribution < 1.29 is 0 Å². The molecule has 1 N–H and O–H groups in total. The number of aryl methyl sites for hydroxylation is 1. The van der Waals surface area contributed by atoms with Gasteiger partial charge in [0.25, 0.3) is 0 Å². The predicted molar refractivity (Wildman–Crippen MR) is 85.3 cm³/mol. The lowest BCUT2D eigenvalue weighted by Gasteiger charge is -2.17. The van der Waals surface area contributed by atoms with Crippen LogP contribution < -0.4 is 5.32 Å². The number of pyridine rings is 1. The summed E-state index contributed by atoms with van der Waals surface area (Å²) >= 11 is 1.76. The molecule has 0 radical (unpaired) electrons. The summed E-state index contributed by atoms with van der Waals surface area (Å²) in [6, 6.07) is 8.50. The van der Waals surface area contributed by atoms with Crippen LogP contribution in [0.25, 0.3) is 0 Å². The van der Waals surface area contributed by atoms with Gasteiger partial charge in [-0.2, -0.15) is 0 Å². The molecule has 0 aliphatic heterocycles. The zero-order valence-electron chi connectivity index (χ0n) is 11.9. The first-order valence-electron chi connectivity index (χ1n) is 6.97. The van der Waals surface area contributed by atoms with Crippen molar-refractivity contribution in [3.05, 3.63) is 70.7 Å². The van der Waals surface area contributed by atoms with Crippen LogP contribution >= 0.6 is 11.3 Å². The average Bonchev–Trinajstić information content (AvgIpc) is 3.17. The minimum Gasteiger partial charge on any atom is -0.336 e. The molecule has 3 aromatic heterocycles. The molecule has 0 aliphatic carbocycles. The lowest BCUT2D eigenvalue weighted by molar-refractivity contribution is 0.567. The van der Waals surface area contributed by atoms with Gasteiger partial charge in [-0.15, -0.1) is 11.3 Å². The number of hydrogen-bond acceptors (Lipinski definition) is 4. The summed E-state index contributed by atoms with van der Waals surface area (Å²) < 4.78 is 2.07. The van der Waals surface area contributed by atoms with E-state index in [0.717, 1.165) is 18.8 Å². The Balaban J connectivity index is 1.70. The minimum absolute atomic E-state index is 0.145. The van der Waals surface area contributed by atoms with E-state index in [1.54, 1.807) is 11.3 Å². The highest BCUT2D eigenvalue weighted by atomic mass is 32.1. The summed E-state index contributed by atoms with van der Waals surface area (Å²) in [6.45, 7) is 0.902. The monoisotopic (exact) mass is 298 g/mol. The maximum atomic E-state index is 4.49. The van der Waals surface area contributed by atoms with Crippen molar-refractivity contribution in [2.24, 2.45) is 7.05 Å². The maximum absolute atomic E-state index is 4.49. The van der Waals surface area contributed by atoms with Crippen molar-refractivity contribution in [3.63, 3.8) is 0 Å². The predicted octanol–water partition coefficient (Wildman–Crippen LogP) is 2.80. The highest BCUT2D eigenvalue weighted by Gasteiger charge is 2.18. The van der Waals surface area contributed by atoms with Crippen molar-refractivity contribution >= 4 is 11.3 Å².